The average molecular weight is 288 g/mol. The monoisotopic (exact) mass is 288 g/mol. The molecular weight excluding hydrogens is 276 g/mol. The van der Waals surface area contributed by atoms with Crippen LogP contribution in [0.4, 0.5) is 11.4 Å². The number of H-pyrrole nitrogens is 1. The highest BCUT2D eigenvalue weighted by Gasteiger charge is 2.14. The summed E-state index contributed by atoms with van der Waals surface area (Å²) in [5.74, 6) is 0.394. The summed E-state index contributed by atoms with van der Waals surface area (Å²) in [7, 11) is 0. The fourth-order valence-corrected chi connectivity index (χ4v) is 2.15. The summed E-state index contributed by atoms with van der Waals surface area (Å²) in [5, 5.41) is 38.3. The van der Waals surface area contributed by atoms with E-state index >= 15 is 0 Å². The van der Waals surface area contributed by atoms with Crippen molar-refractivity contribution in [3.05, 3.63) is 52.9 Å². The molecule has 108 valence electrons. The van der Waals surface area contributed by atoms with Crippen molar-refractivity contribution in [2.45, 2.75) is 0 Å². The molecule has 21 heavy (non-hydrogen) atoms. The summed E-state index contributed by atoms with van der Waals surface area (Å²) in [4.78, 5) is 7.28. The molecule has 0 radical (unpaired) electrons. The highest BCUT2D eigenvalue weighted by molar-refractivity contribution is 5.83. The van der Waals surface area contributed by atoms with Gasteiger partial charge >= 0.3 is 0 Å². The van der Waals surface area contributed by atoms with Gasteiger partial charge in [-0.15, -0.1) is 0 Å². The molecule has 8 nitrogen and oxygen atoms in total. The van der Waals surface area contributed by atoms with E-state index < -0.39 is 10.5 Å². The van der Waals surface area contributed by atoms with Crippen LogP contribution < -0.4 is 10.5 Å². The molecule has 0 aliphatic heterocycles. The maximum absolute atomic E-state index is 11.2. The minimum Gasteiger partial charge on any atom is -0.595 e. The van der Waals surface area contributed by atoms with Crippen molar-refractivity contribution in [2.75, 3.05) is 0 Å². The fourth-order valence-electron chi connectivity index (χ4n) is 2.15. The Morgan fingerprint density at radius 3 is 2.48 bits per heavy atom. The number of aromatic nitrogens is 2. The zero-order chi connectivity index (χ0) is 15.0. The lowest BCUT2D eigenvalue weighted by atomic mass is 10.2. The molecule has 0 amide bonds. The van der Waals surface area contributed by atoms with Gasteiger partial charge in [0.2, 0.25) is 0 Å². The molecule has 0 saturated carbocycles. The van der Waals surface area contributed by atoms with E-state index in [0.29, 0.717) is 22.4 Å². The third-order valence-corrected chi connectivity index (χ3v) is 3.14. The van der Waals surface area contributed by atoms with Crippen LogP contribution in [0.2, 0.25) is 0 Å². The Labute approximate surface area is 118 Å². The summed E-state index contributed by atoms with van der Waals surface area (Å²) in [6.07, 6.45) is 0. The quantitative estimate of drug-likeness (QED) is 0.435. The van der Waals surface area contributed by atoms with Gasteiger partial charge in [-0.25, -0.2) is 15.4 Å². The van der Waals surface area contributed by atoms with Crippen LogP contribution >= 0.6 is 0 Å². The predicted molar refractivity (Wildman–Crippen MR) is 73.1 cm³/mol. The molecule has 0 bridgehead atoms. The van der Waals surface area contributed by atoms with Crippen LogP contribution in [0.15, 0.2) is 42.5 Å². The van der Waals surface area contributed by atoms with Crippen LogP contribution in [-0.2, 0) is 0 Å². The Hall–Kier alpha value is -2.33. The van der Waals surface area contributed by atoms with Crippen molar-refractivity contribution in [3.63, 3.8) is 0 Å². The summed E-state index contributed by atoms with van der Waals surface area (Å²) in [6.45, 7) is 0. The number of benzene rings is 2. The van der Waals surface area contributed by atoms with Crippen LogP contribution in [-0.4, -0.2) is 20.4 Å². The molecule has 0 aliphatic carbocycles. The Bertz CT molecular complexity index is 785. The van der Waals surface area contributed by atoms with E-state index in [1.54, 1.807) is 24.3 Å². The number of para-hydroxylation sites is 1. The highest BCUT2D eigenvalue weighted by Crippen LogP contribution is 2.25. The summed E-state index contributed by atoms with van der Waals surface area (Å²) >= 11 is 0. The molecule has 3 rings (SSSR count). The lowest BCUT2D eigenvalue weighted by Crippen LogP contribution is -2.99. The minimum absolute atomic E-state index is 0.134. The van der Waals surface area contributed by atoms with Crippen molar-refractivity contribution in [1.82, 2.24) is 9.97 Å². The van der Waals surface area contributed by atoms with E-state index in [0.717, 1.165) is 0 Å². The van der Waals surface area contributed by atoms with Crippen LogP contribution in [0.1, 0.15) is 0 Å². The standard InChI is InChI=1S/C13H12N4O4/c18-16(19)8-5-6-10-11(7-8)15-13(14-10)9-3-1-2-4-12(9)17(20)21/h1-7,16-18,20H,(H,14,15). The normalized spacial score (nSPS) is 14.3. The van der Waals surface area contributed by atoms with Crippen molar-refractivity contribution in [2.24, 2.45) is 0 Å². The van der Waals surface area contributed by atoms with E-state index in [-0.39, 0.29) is 11.4 Å². The third-order valence-electron chi connectivity index (χ3n) is 3.14. The Morgan fingerprint density at radius 1 is 1.00 bits per heavy atom. The second-order valence-electron chi connectivity index (χ2n) is 4.47. The van der Waals surface area contributed by atoms with Gasteiger partial charge in [0, 0.05) is 18.2 Å². The van der Waals surface area contributed by atoms with Crippen LogP contribution in [0.5, 0.6) is 0 Å². The highest BCUT2D eigenvalue weighted by atomic mass is 16.8. The number of nitrogens with one attached hydrogen (secondary N) is 3. The second-order valence-corrected chi connectivity index (χ2v) is 4.47. The number of hydrogen-bond donors (Lipinski definition) is 5. The third kappa shape index (κ3) is 2.50. The molecule has 0 aliphatic rings. The molecule has 0 saturated heterocycles. The number of rotatable bonds is 3. The number of imidazole rings is 1. The van der Waals surface area contributed by atoms with Crippen molar-refractivity contribution < 1.29 is 20.9 Å². The molecule has 8 heteroatoms. The molecule has 2 unspecified atom stereocenters. The van der Waals surface area contributed by atoms with Gasteiger partial charge in [0.1, 0.15) is 5.82 Å². The molecule has 1 aromatic heterocycles. The first-order valence-corrected chi connectivity index (χ1v) is 6.12. The van der Waals surface area contributed by atoms with E-state index in [1.807, 2.05) is 0 Å². The van der Waals surface area contributed by atoms with Gasteiger partial charge in [0.05, 0.1) is 16.6 Å². The number of nitrogens with zero attached hydrogens (tertiary/aromatic N) is 1. The smallest absolute Gasteiger partial charge is 0.174 e. The van der Waals surface area contributed by atoms with Gasteiger partial charge in [0.25, 0.3) is 0 Å². The number of quaternary nitrogens is 2. The van der Waals surface area contributed by atoms with E-state index in [2.05, 4.69) is 9.97 Å². The van der Waals surface area contributed by atoms with Crippen LogP contribution in [0, 0.1) is 10.4 Å². The Kier molecular flexibility index (Phi) is 3.39. The van der Waals surface area contributed by atoms with Gasteiger partial charge in [0.15, 0.2) is 11.4 Å². The first-order chi connectivity index (χ1) is 10.1. The molecule has 5 N–H and O–H groups in total. The topological polar surface area (TPSA) is 124 Å². The summed E-state index contributed by atoms with van der Waals surface area (Å²) < 4.78 is 0. The SMILES string of the molecule is [O-][NH+](O)c1ccc2nc(-c3ccccc3[NH+]([O-])O)[nH]c2c1. The van der Waals surface area contributed by atoms with E-state index in [4.69, 9.17) is 5.21 Å². The molecule has 3 aromatic rings. The lowest BCUT2D eigenvalue weighted by Gasteiger charge is -2.14. The fraction of sp³-hybridized carbons (Fsp3) is 0. The molecule has 2 aromatic carbocycles. The second kappa shape index (κ2) is 5.22. The van der Waals surface area contributed by atoms with Crippen LogP contribution in [0.3, 0.4) is 0 Å². The largest absolute Gasteiger partial charge is 0.595 e. The van der Waals surface area contributed by atoms with Crippen molar-refractivity contribution in [3.8, 4) is 11.4 Å². The van der Waals surface area contributed by atoms with Gasteiger partial charge in [-0.2, -0.15) is 10.5 Å². The van der Waals surface area contributed by atoms with E-state index in [9.17, 15) is 15.6 Å². The average Bonchev–Trinajstić information content (AvgIpc) is 2.89. The number of aromatic amines is 1. The van der Waals surface area contributed by atoms with Crippen molar-refractivity contribution in [1.29, 1.82) is 0 Å². The first kappa shape index (κ1) is 13.6. The molecule has 2 atom stereocenters. The number of hydrogen-bond acceptors (Lipinski definition) is 5. The molecule has 0 spiro atoms. The molecule has 1 heterocycles. The van der Waals surface area contributed by atoms with E-state index in [1.165, 1.54) is 18.2 Å². The van der Waals surface area contributed by atoms with Gasteiger partial charge in [-0.3, -0.25) is 0 Å². The summed E-state index contributed by atoms with van der Waals surface area (Å²) in [6, 6.07) is 11.0. The Balaban J connectivity index is 2.13. The minimum atomic E-state index is -1.04. The Morgan fingerprint density at radius 2 is 1.76 bits per heavy atom. The summed E-state index contributed by atoms with van der Waals surface area (Å²) in [5.41, 5.74) is 1.86. The van der Waals surface area contributed by atoms with Crippen molar-refractivity contribution >= 4 is 22.4 Å². The lowest BCUT2D eigenvalue weighted by molar-refractivity contribution is -0.991. The zero-order valence-electron chi connectivity index (χ0n) is 10.7. The van der Waals surface area contributed by atoms with Gasteiger partial charge in [-0.1, -0.05) is 12.1 Å². The van der Waals surface area contributed by atoms with Gasteiger partial charge in [-0.05, 0) is 12.1 Å². The first-order valence-electron chi connectivity index (χ1n) is 6.12. The molecule has 0 fully saturated rings. The maximum Gasteiger partial charge on any atom is 0.174 e. The predicted octanol–water partition coefficient (Wildman–Crippen LogP) is 0.0367. The molecular formula is C13H12N4O4. The number of fused-ring (bicyclic) bond motifs is 1. The van der Waals surface area contributed by atoms with Gasteiger partial charge < -0.3 is 15.4 Å². The zero-order valence-corrected chi connectivity index (χ0v) is 10.7. The van der Waals surface area contributed by atoms with Crippen LogP contribution in [0.25, 0.3) is 22.4 Å². The maximum atomic E-state index is 11.2.